The van der Waals surface area contributed by atoms with Crippen LogP contribution in [0.5, 0.6) is 11.5 Å². The van der Waals surface area contributed by atoms with Crippen LogP contribution in [0.4, 0.5) is 0 Å². The van der Waals surface area contributed by atoms with Gasteiger partial charge in [0.2, 0.25) is 6.79 Å². The first kappa shape index (κ1) is 14.7. The van der Waals surface area contributed by atoms with Crippen LogP contribution in [0.1, 0.15) is 45.1 Å². The summed E-state index contributed by atoms with van der Waals surface area (Å²) in [6, 6.07) is 5.59. The highest BCUT2D eigenvalue weighted by Crippen LogP contribution is 2.32. The quantitative estimate of drug-likeness (QED) is 0.564. The lowest BCUT2D eigenvalue weighted by atomic mass is 10.1. The van der Waals surface area contributed by atoms with E-state index in [1.807, 2.05) is 18.2 Å². The lowest BCUT2D eigenvalue weighted by molar-refractivity contribution is -0.145. The van der Waals surface area contributed by atoms with E-state index in [-0.39, 0.29) is 12.8 Å². The minimum absolute atomic E-state index is 0.133. The van der Waals surface area contributed by atoms with E-state index < -0.39 is 0 Å². The summed E-state index contributed by atoms with van der Waals surface area (Å²) in [5.41, 5.74) is 0.921. The normalized spacial score (nSPS) is 12.8. The van der Waals surface area contributed by atoms with Gasteiger partial charge in [0.05, 0.1) is 0 Å². The van der Waals surface area contributed by atoms with Crippen LogP contribution in [-0.2, 0) is 16.1 Å². The van der Waals surface area contributed by atoms with Crippen LogP contribution >= 0.6 is 0 Å². The summed E-state index contributed by atoms with van der Waals surface area (Å²) in [4.78, 5) is 11.6. The van der Waals surface area contributed by atoms with Gasteiger partial charge in [0.15, 0.2) is 11.5 Å². The predicted molar refractivity (Wildman–Crippen MR) is 75.7 cm³/mol. The van der Waals surface area contributed by atoms with Gasteiger partial charge in [-0.15, -0.1) is 0 Å². The van der Waals surface area contributed by atoms with Gasteiger partial charge in [-0.3, -0.25) is 4.79 Å². The monoisotopic (exact) mass is 278 g/mol. The van der Waals surface area contributed by atoms with Gasteiger partial charge in [-0.2, -0.15) is 0 Å². The fourth-order valence-electron chi connectivity index (χ4n) is 2.09. The molecule has 1 aliphatic heterocycles. The summed E-state index contributed by atoms with van der Waals surface area (Å²) in [5, 5.41) is 0. The molecule has 4 heteroatoms. The molecule has 0 aromatic heterocycles. The van der Waals surface area contributed by atoms with Gasteiger partial charge in [-0.1, -0.05) is 32.8 Å². The van der Waals surface area contributed by atoms with Gasteiger partial charge < -0.3 is 14.2 Å². The molecular formula is C16H22O4. The molecule has 0 radical (unpaired) electrons. The molecule has 0 saturated carbocycles. The number of carbonyl (C=O) groups is 1. The Kier molecular flexibility index (Phi) is 5.27. The van der Waals surface area contributed by atoms with Crippen LogP contribution in [-0.4, -0.2) is 12.8 Å². The summed E-state index contributed by atoms with van der Waals surface area (Å²) in [6.07, 6.45) is 3.64. The predicted octanol–water partition coefficient (Wildman–Crippen LogP) is 3.67. The summed E-state index contributed by atoms with van der Waals surface area (Å²) in [6.45, 7) is 4.93. The van der Waals surface area contributed by atoms with Crippen LogP contribution in [0, 0.1) is 5.92 Å². The Bertz CT molecular complexity index is 454. The van der Waals surface area contributed by atoms with Crippen molar-refractivity contribution >= 4 is 5.97 Å². The molecule has 0 aliphatic carbocycles. The standard InChI is InChI=1S/C16H22O4/c1-12(2)5-3-4-6-16(17)18-10-13-7-8-14-15(9-13)20-11-19-14/h7-9,12H,3-6,10-11H2,1-2H3. The molecular weight excluding hydrogens is 256 g/mol. The third kappa shape index (κ3) is 4.44. The van der Waals surface area contributed by atoms with Crippen molar-refractivity contribution in [1.29, 1.82) is 0 Å². The highest BCUT2D eigenvalue weighted by atomic mass is 16.7. The number of unbranched alkanes of at least 4 members (excludes halogenated alkanes) is 1. The largest absolute Gasteiger partial charge is 0.461 e. The summed E-state index contributed by atoms with van der Waals surface area (Å²) < 4.78 is 15.8. The average molecular weight is 278 g/mol. The SMILES string of the molecule is CC(C)CCCCC(=O)OCc1ccc2c(c1)OCO2. The number of fused-ring (bicyclic) bond motifs is 1. The molecule has 0 atom stereocenters. The van der Waals surface area contributed by atoms with Gasteiger partial charge in [0, 0.05) is 6.42 Å². The number of hydrogen-bond donors (Lipinski definition) is 0. The topological polar surface area (TPSA) is 44.8 Å². The molecule has 0 spiro atoms. The van der Waals surface area contributed by atoms with Crippen molar-refractivity contribution in [3.05, 3.63) is 23.8 Å². The summed E-state index contributed by atoms with van der Waals surface area (Å²) in [7, 11) is 0. The maximum Gasteiger partial charge on any atom is 0.306 e. The maximum atomic E-state index is 11.6. The smallest absolute Gasteiger partial charge is 0.306 e. The van der Waals surface area contributed by atoms with Gasteiger partial charge in [-0.05, 0) is 30.0 Å². The van der Waals surface area contributed by atoms with Crippen LogP contribution in [0.3, 0.4) is 0 Å². The number of rotatable bonds is 7. The molecule has 1 heterocycles. The lowest BCUT2D eigenvalue weighted by Crippen LogP contribution is -2.04. The Hall–Kier alpha value is -1.71. The highest BCUT2D eigenvalue weighted by molar-refractivity contribution is 5.69. The van der Waals surface area contributed by atoms with Crippen LogP contribution in [0.2, 0.25) is 0 Å². The van der Waals surface area contributed by atoms with E-state index >= 15 is 0 Å². The van der Waals surface area contributed by atoms with E-state index in [1.165, 1.54) is 0 Å². The number of hydrogen-bond acceptors (Lipinski definition) is 4. The van der Waals surface area contributed by atoms with Crippen molar-refractivity contribution < 1.29 is 19.0 Å². The molecule has 0 N–H and O–H groups in total. The molecule has 2 rings (SSSR count). The average Bonchev–Trinajstić information content (AvgIpc) is 2.88. The van der Waals surface area contributed by atoms with E-state index in [1.54, 1.807) is 0 Å². The number of benzene rings is 1. The Labute approximate surface area is 120 Å². The van der Waals surface area contributed by atoms with Gasteiger partial charge in [-0.25, -0.2) is 0 Å². The summed E-state index contributed by atoms with van der Waals surface area (Å²) in [5.74, 6) is 2.02. The van der Waals surface area contributed by atoms with Crippen molar-refractivity contribution in [2.45, 2.75) is 46.1 Å². The first-order valence-corrected chi connectivity index (χ1v) is 7.19. The zero-order valence-corrected chi connectivity index (χ0v) is 12.2. The molecule has 110 valence electrons. The molecule has 20 heavy (non-hydrogen) atoms. The van der Waals surface area contributed by atoms with Gasteiger partial charge >= 0.3 is 5.97 Å². The van der Waals surface area contributed by atoms with Crippen LogP contribution < -0.4 is 9.47 Å². The fourth-order valence-corrected chi connectivity index (χ4v) is 2.09. The maximum absolute atomic E-state index is 11.6. The number of ether oxygens (including phenoxy) is 3. The molecule has 0 amide bonds. The molecule has 1 aromatic carbocycles. The second kappa shape index (κ2) is 7.17. The molecule has 0 bridgehead atoms. The van der Waals surface area contributed by atoms with Crippen molar-refractivity contribution in [3.63, 3.8) is 0 Å². The van der Waals surface area contributed by atoms with E-state index in [0.717, 1.165) is 36.3 Å². The highest BCUT2D eigenvalue weighted by Gasteiger charge is 2.13. The molecule has 1 aliphatic rings. The van der Waals surface area contributed by atoms with Crippen LogP contribution in [0.15, 0.2) is 18.2 Å². The van der Waals surface area contributed by atoms with Crippen molar-refractivity contribution in [2.24, 2.45) is 5.92 Å². The van der Waals surface area contributed by atoms with Crippen molar-refractivity contribution in [3.8, 4) is 11.5 Å². The van der Waals surface area contributed by atoms with Gasteiger partial charge in [0.1, 0.15) is 6.61 Å². The molecule has 0 fully saturated rings. The van der Waals surface area contributed by atoms with E-state index in [4.69, 9.17) is 14.2 Å². The Balaban J connectivity index is 1.68. The Morgan fingerprint density at radius 2 is 2.05 bits per heavy atom. The minimum Gasteiger partial charge on any atom is -0.461 e. The molecule has 0 saturated heterocycles. The van der Waals surface area contributed by atoms with E-state index in [9.17, 15) is 4.79 Å². The number of esters is 1. The fraction of sp³-hybridized carbons (Fsp3) is 0.562. The molecule has 4 nitrogen and oxygen atoms in total. The minimum atomic E-state index is -0.133. The summed E-state index contributed by atoms with van der Waals surface area (Å²) >= 11 is 0. The van der Waals surface area contributed by atoms with E-state index in [2.05, 4.69) is 13.8 Å². The second-order valence-electron chi connectivity index (χ2n) is 5.49. The third-order valence-electron chi connectivity index (χ3n) is 3.25. The zero-order valence-electron chi connectivity index (χ0n) is 12.2. The molecule has 0 unspecified atom stereocenters. The van der Waals surface area contributed by atoms with E-state index in [0.29, 0.717) is 18.9 Å². The van der Waals surface area contributed by atoms with Crippen molar-refractivity contribution in [2.75, 3.05) is 6.79 Å². The van der Waals surface area contributed by atoms with Crippen LogP contribution in [0.25, 0.3) is 0 Å². The Morgan fingerprint density at radius 3 is 2.85 bits per heavy atom. The zero-order chi connectivity index (χ0) is 14.4. The third-order valence-corrected chi connectivity index (χ3v) is 3.25. The molecule has 1 aromatic rings. The second-order valence-corrected chi connectivity index (χ2v) is 5.49. The number of carbonyl (C=O) groups excluding carboxylic acids is 1. The van der Waals surface area contributed by atoms with Crippen molar-refractivity contribution in [1.82, 2.24) is 0 Å². The first-order chi connectivity index (χ1) is 9.65. The van der Waals surface area contributed by atoms with Gasteiger partial charge in [0.25, 0.3) is 0 Å². The Morgan fingerprint density at radius 1 is 1.25 bits per heavy atom. The first-order valence-electron chi connectivity index (χ1n) is 7.19. The lowest BCUT2D eigenvalue weighted by Gasteiger charge is -2.06.